The molecule has 0 aromatic heterocycles. The van der Waals surface area contributed by atoms with Crippen molar-refractivity contribution in [2.75, 3.05) is 10.5 Å². The number of nitrogens with one attached hydrogen (secondary N) is 1. The minimum Gasteiger partial charge on any atom is -0.398 e. The van der Waals surface area contributed by atoms with E-state index in [-0.39, 0.29) is 9.92 Å². The number of rotatable bonds is 3. The Kier molecular flexibility index (Phi) is 4.13. The second kappa shape index (κ2) is 5.52. The molecule has 0 aliphatic heterocycles. The van der Waals surface area contributed by atoms with Gasteiger partial charge in [-0.25, -0.2) is 8.42 Å². The maximum Gasteiger partial charge on any atom is 0.263 e. The van der Waals surface area contributed by atoms with Crippen LogP contribution in [-0.2, 0) is 10.0 Å². The van der Waals surface area contributed by atoms with Gasteiger partial charge in [-0.15, -0.1) is 0 Å². The van der Waals surface area contributed by atoms with E-state index in [1.165, 1.54) is 18.2 Å². The van der Waals surface area contributed by atoms with Crippen molar-refractivity contribution in [1.82, 2.24) is 0 Å². The summed E-state index contributed by atoms with van der Waals surface area (Å²) in [6.07, 6.45) is 0. The summed E-state index contributed by atoms with van der Waals surface area (Å²) >= 11 is 11.8. The maximum absolute atomic E-state index is 12.3. The number of benzene rings is 2. The zero-order valence-corrected chi connectivity index (χ0v) is 12.9. The highest BCUT2D eigenvalue weighted by molar-refractivity contribution is 7.92. The minimum atomic E-state index is -3.82. The summed E-state index contributed by atoms with van der Waals surface area (Å²) in [7, 11) is -3.82. The number of aryl methyl sites for hydroxylation is 1. The van der Waals surface area contributed by atoms with Crippen LogP contribution in [0.4, 0.5) is 11.4 Å². The summed E-state index contributed by atoms with van der Waals surface area (Å²) in [5, 5.41) is 0.547. The van der Waals surface area contributed by atoms with Gasteiger partial charge in [0.1, 0.15) is 4.90 Å². The summed E-state index contributed by atoms with van der Waals surface area (Å²) in [6, 6.07) is 9.24. The highest BCUT2D eigenvalue weighted by atomic mass is 35.5. The number of sulfonamides is 1. The Bertz CT molecular complexity index is 761. The predicted octanol–water partition coefficient (Wildman–Crippen LogP) is 3.68. The molecule has 2 rings (SSSR count). The van der Waals surface area contributed by atoms with Crippen LogP contribution in [0.2, 0.25) is 10.0 Å². The maximum atomic E-state index is 12.3. The van der Waals surface area contributed by atoms with Crippen LogP contribution in [0.25, 0.3) is 0 Å². The molecule has 0 unspecified atom stereocenters. The first-order valence-corrected chi connectivity index (χ1v) is 7.87. The van der Waals surface area contributed by atoms with Gasteiger partial charge in [-0.2, -0.15) is 0 Å². The molecule has 0 aliphatic rings. The number of nitrogen functional groups attached to an aromatic ring is 1. The fourth-order valence-electron chi connectivity index (χ4n) is 1.64. The van der Waals surface area contributed by atoms with Crippen molar-refractivity contribution in [1.29, 1.82) is 0 Å². The third-order valence-electron chi connectivity index (χ3n) is 2.69. The molecule has 20 heavy (non-hydrogen) atoms. The van der Waals surface area contributed by atoms with Crippen molar-refractivity contribution in [3.8, 4) is 0 Å². The molecule has 106 valence electrons. The fraction of sp³-hybridized carbons (Fsp3) is 0.0769. The van der Waals surface area contributed by atoms with E-state index >= 15 is 0 Å². The summed E-state index contributed by atoms with van der Waals surface area (Å²) < 4.78 is 27.0. The van der Waals surface area contributed by atoms with Gasteiger partial charge in [0, 0.05) is 10.7 Å². The molecule has 4 nitrogen and oxygen atoms in total. The third kappa shape index (κ3) is 3.17. The molecule has 0 heterocycles. The van der Waals surface area contributed by atoms with Crippen LogP contribution < -0.4 is 10.5 Å². The van der Waals surface area contributed by atoms with Gasteiger partial charge in [0.15, 0.2) is 0 Å². The molecule has 0 saturated carbocycles. The van der Waals surface area contributed by atoms with E-state index in [1.54, 1.807) is 25.1 Å². The lowest BCUT2D eigenvalue weighted by Crippen LogP contribution is -2.14. The van der Waals surface area contributed by atoms with E-state index in [9.17, 15) is 8.42 Å². The van der Waals surface area contributed by atoms with Crippen LogP contribution in [0.3, 0.4) is 0 Å². The number of halogens is 2. The molecule has 7 heteroatoms. The average Bonchev–Trinajstić information content (AvgIpc) is 2.33. The Labute approximate surface area is 127 Å². The lowest BCUT2D eigenvalue weighted by molar-refractivity contribution is 0.601. The topological polar surface area (TPSA) is 72.2 Å². The molecule has 3 N–H and O–H groups in total. The van der Waals surface area contributed by atoms with E-state index in [2.05, 4.69) is 4.72 Å². The zero-order chi connectivity index (χ0) is 14.9. The average molecular weight is 331 g/mol. The van der Waals surface area contributed by atoms with Crippen LogP contribution in [-0.4, -0.2) is 8.42 Å². The van der Waals surface area contributed by atoms with Gasteiger partial charge in [-0.1, -0.05) is 29.3 Å². The Morgan fingerprint density at radius 3 is 2.50 bits per heavy atom. The van der Waals surface area contributed by atoms with Crippen molar-refractivity contribution < 1.29 is 8.42 Å². The highest BCUT2D eigenvalue weighted by Crippen LogP contribution is 2.28. The second-order valence-corrected chi connectivity index (χ2v) is 6.75. The minimum absolute atomic E-state index is 0.0674. The smallest absolute Gasteiger partial charge is 0.263 e. The zero-order valence-electron chi connectivity index (χ0n) is 10.5. The normalized spacial score (nSPS) is 11.3. The largest absolute Gasteiger partial charge is 0.398 e. The van der Waals surface area contributed by atoms with Crippen LogP contribution >= 0.6 is 23.2 Å². The van der Waals surface area contributed by atoms with E-state index in [4.69, 9.17) is 28.9 Å². The molecule has 0 fully saturated rings. The van der Waals surface area contributed by atoms with E-state index < -0.39 is 10.0 Å². The Morgan fingerprint density at radius 2 is 1.85 bits per heavy atom. The molecule has 0 amide bonds. The molecule has 2 aromatic carbocycles. The summed E-state index contributed by atoms with van der Waals surface area (Å²) in [6.45, 7) is 1.75. The van der Waals surface area contributed by atoms with Gasteiger partial charge in [0.2, 0.25) is 0 Å². The molecule has 0 aliphatic carbocycles. The first kappa shape index (κ1) is 15.0. The monoisotopic (exact) mass is 330 g/mol. The van der Waals surface area contributed by atoms with Gasteiger partial charge in [0.25, 0.3) is 10.0 Å². The molecule has 0 bridgehead atoms. The summed E-state index contributed by atoms with van der Waals surface area (Å²) in [5.74, 6) is 0. The van der Waals surface area contributed by atoms with Crippen molar-refractivity contribution in [2.24, 2.45) is 0 Å². The Balaban J connectivity index is 2.43. The van der Waals surface area contributed by atoms with Gasteiger partial charge >= 0.3 is 0 Å². The number of nitrogens with two attached hydrogens (primary N) is 1. The predicted molar refractivity (Wildman–Crippen MR) is 82.9 cm³/mol. The first-order valence-electron chi connectivity index (χ1n) is 5.63. The lowest BCUT2D eigenvalue weighted by atomic mass is 10.2. The van der Waals surface area contributed by atoms with E-state index in [1.807, 2.05) is 0 Å². The summed E-state index contributed by atoms with van der Waals surface area (Å²) in [4.78, 5) is -0.0674. The number of hydrogen-bond donors (Lipinski definition) is 2. The SMILES string of the molecule is Cc1cc(Cl)c(S(=O)(=O)Nc2cccc(Cl)c2)cc1N. The number of anilines is 2. The molecule has 0 radical (unpaired) electrons. The van der Waals surface area contributed by atoms with Gasteiger partial charge in [0.05, 0.1) is 10.7 Å². The quantitative estimate of drug-likeness (QED) is 0.843. The van der Waals surface area contributed by atoms with Crippen LogP contribution in [0.5, 0.6) is 0 Å². The van der Waals surface area contributed by atoms with E-state index in [0.717, 1.165) is 5.56 Å². The standard InChI is InChI=1S/C13H12Cl2N2O2S/c1-8-5-11(15)13(7-12(8)16)20(18,19)17-10-4-2-3-9(14)6-10/h2-7,17H,16H2,1H3. The second-order valence-electron chi connectivity index (χ2n) is 4.26. The van der Waals surface area contributed by atoms with Crippen molar-refractivity contribution in [3.63, 3.8) is 0 Å². The van der Waals surface area contributed by atoms with Crippen LogP contribution in [0.15, 0.2) is 41.3 Å². The van der Waals surface area contributed by atoms with Crippen LogP contribution in [0, 0.1) is 6.92 Å². The van der Waals surface area contributed by atoms with Gasteiger partial charge in [-0.3, -0.25) is 4.72 Å². The van der Waals surface area contributed by atoms with Crippen molar-refractivity contribution >= 4 is 44.6 Å². The van der Waals surface area contributed by atoms with Gasteiger partial charge < -0.3 is 5.73 Å². The number of hydrogen-bond acceptors (Lipinski definition) is 3. The van der Waals surface area contributed by atoms with E-state index in [0.29, 0.717) is 16.4 Å². The van der Waals surface area contributed by atoms with Gasteiger partial charge in [-0.05, 0) is 42.8 Å². The molecule has 0 spiro atoms. The molecule has 0 saturated heterocycles. The van der Waals surface area contributed by atoms with Crippen LogP contribution in [0.1, 0.15) is 5.56 Å². The summed E-state index contributed by atoms with van der Waals surface area (Å²) in [5.41, 5.74) is 7.17. The van der Waals surface area contributed by atoms with Crippen molar-refractivity contribution in [2.45, 2.75) is 11.8 Å². The first-order chi connectivity index (χ1) is 9.29. The molecular formula is C13H12Cl2N2O2S. The fourth-order valence-corrected chi connectivity index (χ4v) is 3.49. The van der Waals surface area contributed by atoms with Crippen molar-refractivity contribution in [3.05, 3.63) is 52.0 Å². The molecular weight excluding hydrogens is 319 g/mol. The third-order valence-corrected chi connectivity index (χ3v) is 4.77. The Morgan fingerprint density at radius 1 is 1.15 bits per heavy atom. The Hall–Kier alpha value is -1.43. The lowest BCUT2D eigenvalue weighted by Gasteiger charge is -2.11. The highest BCUT2D eigenvalue weighted by Gasteiger charge is 2.19. The molecule has 2 aromatic rings. The molecule has 0 atom stereocenters.